The van der Waals surface area contributed by atoms with Crippen molar-refractivity contribution in [2.75, 3.05) is 77.0 Å². The van der Waals surface area contributed by atoms with Crippen molar-refractivity contribution in [3.63, 3.8) is 0 Å². The molecule has 0 spiro atoms. The van der Waals surface area contributed by atoms with Crippen LogP contribution in [0.5, 0.6) is 5.75 Å². The maximum Gasteiger partial charge on any atom is 0.410 e. The lowest BCUT2D eigenvalue weighted by Crippen LogP contribution is -2.61. The number of pyridine rings is 2. The zero-order valence-electron chi connectivity index (χ0n) is 55.3. The van der Waals surface area contributed by atoms with E-state index in [9.17, 15) is 77.1 Å². The van der Waals surface area contributed by atoms with Crippen molar-refractivity contribution in [2.24, 2.45) is 5.92 Å². The number of para-hydroxylation sites is 1. The van der Waals surface area contributed by atoms with Crippen LogP contribution in [-0.4, -0.2) is 227 Å². The molecule has 538 valence electrons. The van der Waals surface area contributed by atoms with E-state index in [2.05, 4.69) is 26.6 Å². The van der Waals surface area contributed by atoms with Crippen LogP contribution in [-0.2, 0) is 109 Å². The van der Waals surface area contributed by atoms with Gasteiger partial charge in [-0.15, -0.1) is 0 Å². The van der Waals surface area contributed by atoms with Crippen molar-refractivity contribution in [3.8, 4) is 17.1 Å². The van der Waals surface area contributed by atoms with E-state index in [1.165, 1.54) is 41.5 Å². The molecular weight excluding hydrogens is 1310 g/mol. The van der Waals surface area contributed by atoms with E-state index in [0.717, 1.165) is 10.9 Å². The molecule has 0 unspecified atom stereocenters. The average Bonchev–Trinajstić information content (AvgIpc) is 1.50. The van der Waals surface area contributed by atoms with Crippen LogP contribution >= 0.6 is 0 Å². The highest BCUT2D eigenvalue weighted by molar-refractivity contribution is 7.85. The summed E-state index contributed by atoms with van der Waals surface area (Å²) in [7, 11) is -4.54. The topological polar surface area (TPSA) is 464 Å². The number of fused-ring (bicyclic) bond motifs is 5. The Morgan fingerprint density at radius 1 is 0.796 bits per heavy atom. The van der Waals surface area contributed by atoms with Crippen molar-refractivity contribution in [1.29, 1.82) is 0 Å². The molecule has 3 aliphatic heterocycles. The van der Waals surface area contributed by atoms with Crippen LogP contribution in [0.1, 0.15) is 95.5 Å². The van der Waals surface area contributed by atoms with Gasteiger partial charge in [-0.05, 0) is 74.9 Å². The lowest BCUT2D eigenvalue weighted by molar-refractivity contribution is -0.271. The summed E-state index contributed by atoms with van der Waals surface area (Å²) in [6, 6.07) is 8.74. The highest BCUT2D eigenvalue weighted by Crippen LogP contribution is 2.41. The van der Waals surface area contributed by atoms with Gasteiger partial charge in [0.25, 0.3) is 15.7 Å². The Morgan fingerprint density at radius 2 is 1.46 bits per heavy atom. The zero-order chi connectivity index (χ0) is 71.8. The van der Waals surface area contributed by atoms with Gasteiger partial charge in [0.15, 0.2) is 11.7 Å². The Balaban J connectivity index is 0.904. The second-order valence-corrected chi connectivity index (χ2v) is 25.5. The molecule has 34 heteroatoms. The van der Waals surface area contributed by atoms with Crippen LogP contribution in [0.25, 0.3) is 22.3 Å². The molecule has 5 heterocycles. The number of amides is 6. The third kappa shape index (κ3) is 19.8. The molecule has 1 fully saturated rings. The number of cyclic esters (lactones) is 1. The van der Waals surface area contributed by atoms with Crippen LogP contribution < -0.4 is 36.9 Å². The molecule has 0 bridgehead atoms. The van der Waals surface area contributed by atoms with Crippen molar-refractivity contribution in [1.82, 2.24) is 35.7 Å². The molecule has 11 N–H and O–H groups in total. The fourth-order valence-corrected chi connectivity index (χ4v) is 11.6. The van der Waals surface area contributed by atoms with Gasteiger partial charge in [-0.2, -0.15) is 8.42 Å². The summed E-state index contributed by atoms with van der Waals surface area (Å²) in [5.41, 5.74) is 0.966. The molecule has 3 aliphatic rings. The second kappa shape index (κ2) is 35.0. The second-order valence-electron chi connectivity index (χ2n) is 24.0. The van der Waals surface area contributed by atoms with Gasteiger partial charge in [-0.1, -0.05) is 52.0 Å². The molecular formula is C64H86N8O25S. The number of aliphatic carboxylic acids is 1. The molecule has 33 nitrogen and oxygen atoms in total. The number of carbonyl (C=O) groups is 8. The molecule has 2 aromatic carbocycles. The summed E-state index contributed by atoms with van der Waals surface area (Å²) < 4.78 is 77.4. The van der Waals surface area contributed by atoms with Crippen LogP contribution in [0.4, 0.5) is 10.5 Å². The number of carboxylic acids is 1. The average molecular weight is 1400 g/mol. The number of aliphatic hydroxyl groups excluding tert-OH is 3. The summed E-state index contributed by atoms with van der Waals surface area (Å²) >= 11 is 0. The number of hydrogen-bond donors (Lipinski definition) is 11. The highest BCUT2D eigenvalue weighted by Gasteiger charge is 2.49. The van der Waals surface area contributed by atoms with Gasteiger partial charge in [-0.3, -0.25) is 33.3 Å². The number of ether oxygens (including phenoxy) is 8. The first-order chi connectivity index (χ1) is 46.5. The minimum absolute atomic E-state index is 0.00282. The summed E-state index contributed by atoms with van der Waals surface area (Å²) in [5, 5.41) is 66.5. The summed E-state index contributed by atoms with van der Waals surface area (Å²) in [6.45, 7) is 11.9. The number of rotatable bonds is 36. The fraction of sp³-hybridized carbons (Fsp3) is 0.562. The van der Waals surface area contributed by atoms with E-state index >= 15 is 0 Å². The van der Waals surface area contributed by atoms with E-state index in [1.807, 2.05) is 24.3 Å². The smallest absolute Gasteiger partial charge is 0.410 e. The third-order valence-electron chi connectivity index (χ3n) is 16.4. The molecule has 9 atom stereocenters. The van der Waals surface area contributed by atoms with Crippen molar-refractivity contribution in [2.45, 2.75) is 154 Å². The van der Waals surface area contributed by atoms with Gasteiger partial charge < -0.3 is 99.5 Å². The van der Waals surface area contributed by atoms with E-state index in [1.54, 1.807) is 40.7 Å². The number of aromatic nitrogens is 2. The maximum absolute atomic E-state index is 14.1. The van der Waals surface area contributed by atoms with Gasteiger partial charge in [0.1, 0.15) is 61.2 Å². The Kier molecular flexibility index (Phi) is 27.5. The van der Waals surface area contributed by atoms with Gasteiger partial charge in [0.2, 0.25) is 35.8 Å². The predicted molar refractivity (Wildman–Crippen MR) is 344 cm³/mol. The summed E-state index contributed by atoms with van der Waals surface area (Å²) in [4.78, 5) is 124. The molecule has 0 saturated carbocycles. The summed E-state index contributed by atoms with van der Waals surface area (Å²) in [5.74, 6) is -7.76. The maximum atomic E-state index is 14.1. The number of esters is 1. The largest absolute Gasteiger partial charge is 0.479 e. The molecule has 1 saturated heterocycles. The van der Waals surface area contributed by atoms with Crippen molar-refractivity contribution >= 4 is 74.3 Å². The van der Waals surface area contributed by atoms with E-state index in [4.69, 9.17) is 47.4 Å². The van der Waals surface area contributed by atoms with Crippen LogP contribution in [0.15, 0.2) is 53.3 Å². The SMILES string of the molecule is CCC(=O)N[C@@H](CS(=O)(=O)O)C(=O)NCCOCCOCCOCCOCCC(=O)N[C@H](C(=O)N[C@@H](C)C(=O)Nc1ccc(COC(=O)N(CCc2c3c(nc4ccccc24)-c2cc4c(c(=O)n2C3)COC(=O)[C@]4(O)CC)C(C)C)cc1O[C@@H]1O[C@H](C(=O)O)[C@@H](O)[C@H](O)[C@H]1O)C(C)C. The van der Waals surface area contributed by atoms with Crippen LogP contribution in [0.3, 0.4) is 0 Å². The first-order valence-electron chi connectivity index (χ1n) is 31.9. The van der Waals surface area contributed by atoms with Crippen LogP contribution in [0.2, 0.25) is 0 Å². The minimum Gasteiger partial charge on any atom is -0.479 e. The molecule has 6 amide bonds. The van der Waals surface area contributed by atoms with Gasteiger partial charge in [0.05, 0.1) is 87.6 Å². The fourth-order valence-electron chi connectivity index (χ4n) is 10.9. The monoisotopic (exact) mass is 1400 g/mol. The van der Waals surface area contributed by atoms with E-state index in [0.29, 0.717) is 22.5 Å². The Labute approximate surface area is 563 Å². The zero-order valence-corrected chi connectivity index (χ0v) is 56.1. The van der Waals surface area contributed by atoms with Crippen molar-refractivity contribution < 1.29 is 115 Å². The number of carboxylic acid groups (broad SMARTS) is 1. The molecule has 7 rings (SSSR count). The Morgan fingerprint density at radius 3 is 2.09 bits per heavy atom. The lowest BCUT2D eigenvalue weighted by Gasteiger charge is -2.38. The number of benzene rings is 2. The number of carbonyl (C=O) groups excluding carboxylic acids is 7. The van der Waals surface area contributed by atoms with E-state index in [-0.39, 0.29) is 133 Å². The van der Waals surface area contributed by atoms with Crippen LogP contribution in [0, 0.1) is 5.92 Å². The Bertz CT molecular complexity index is 3720. The standard InChI is InChI=1S/C64H86N8O25S/c1-8-48(73)67-45(33-98(87,88)89)57(79)65-18-21-91-23-25-93-27-26-92-24-22-90-20-17-49(74)70-50(34(3)4)58(80)66-36(7)56(78)69-44-15-14-37(28-47(44)96-61-54(77)52(75)53(76)55(97-61)60(82)83)31-95-63(85)71(35(5)6)19-16-38-39-12-10-11-13-43(39)68-51-40(38)30-72-46(51)29-42-41(59(72)81)32-94-62(84)64(42,86)9-2/h10-15,28-29,34-36,45,50,52-55,61,75-77,86H,8-9,16-27,30-33H2,1-7H3,(H,65,79)(H,66,80)(H,67,73)(H,69,78)(H,70,74)(H,82,83)(H,87,88,89)/t36-,45-,50-,52-,53-,54+,55-,61+,64-/m0/s1. The number of aliphatic hydroxyl groups is 4. The van der Waals surface area contributed by atoms with E-state index < -0.39 is 142 Å². The first kappa shape index (κ1) is 77.1. The molecule has 2 aromatic heterocycles. The number of hydrogen-bond acceptors (Lipinski definition) is 24. The Hall–Kier alpha value is -8.29. The lowest BCUT2D eigenvalue weighted by atomic mass is 9.86. The highest BCUT2D eigenvalue weighted by atomic mass is 32.2. The summed E-state index contributed by atoms with van der Waals surface area (Å²) in [6.07, 6.45) is -10.9. The van der Waals surface area contributed by atoms with Gasteiger partial charge >= 0.3 is 18.0 Å². The molecule has 0 radical (unpaired) electrons. The number of nitrogens with zero attached hydrogens (tertiary/aromatic N) is 3. The molecule has 4 aromatic rings. The van der Waals surface area contributed by atoms with Gasteiger partial charge in [0, 0.05) is 48.5 Å². The van der Waals surface area contributed by atoms with Crippen molar-refractivity contribution in [3.05, 3.63) is 86.7 Å². The minimum atomic E-state index is -4.54. The molecule has 0 aliphatic carbocycles. The van der Waals surface area contributed by atoms with Gasteiger partial charge in [-0.25, -0.2) is 19.4 Å². The third-order valence-corrected chi connectivity index (χ3v) is 17.2. The molecule has 98 heavy (non-hydrogen) atoms. The number of nitrogens with one attached hydrogen (secondary N) is 5. The quantitative estimate of drug-likeness (QED) is 0.0141. The number of anilines is 1. The first-order valence-corrected chi connectivity index (χ1v) is 33.6. The predicted octanol–water partition coefficient (Wildman–Crippen LogP) is -0.120. The normalized spacial score (nSPS) is 19.7.